The molecule has 1 amide bonds. The zero-order valence-corrected chi connectivity index (χ0v) is 12.4. The summed E-state index contributed by atoms with van der Waals surface area (Å²) in [7, 11) is 1.64. The molecule has 0 aliphatic carbocycles. The van der Waals surface area contributed by atoms with Crippen molar-refractivity contribution >= 4 is 5.91 Å². The van der Waals surface area contributed by atoms with E-state index in [1.807, 2.05) is 31.2 Å². The standard InChI is InChI=1S/C16H25NO3/c1-13(12-18)6-5-11-17-16(19)10-9-14-7-3-4-8-15(14)20-2/h3-4,7-8,13,18H,5-6,9-12H2,1-2H3,(H,17,19). The first-order valence-electron chi connectivity index (χ1n) is 7.16. The molecule has 0 aromatic heterocycles. The zero-order chi connectivity index (χ0) is 14.8. The molecule has 0 saturated carbocycles. The molecular formula is C16H25NO3. The SMILES string of the molecule is COc1ccccc1CCC(=O)NCCCC(C)CO. The number of ether oxygens (including phenoxy) is 1. The van der Waals surface area contributed by atoms with Gasteiger partial charge in [0.25, 0.3) is 0 Å². The second-order valence-electron chi connectivity index (χ2n) is 5.09. The average Bonchev–Trinajstić information content (AvgIpc) is 2.49. The molecule has 4 heteroatoms. The van der Waals surface area contributed by atoms with Crippen LogP contribution in [0.25, 0.3) is 0 Å². The Balaban J connectivity index is 2.23. The first-order chi connectivity index (χ1) is 9.67. The van der Waals surface area contributed by atoms with Gasteiger partial charge in [-0.15, -0.1) is 0 Å². The van der Waals surface area contributed by atoms with Crippen LogP contribution in [0, 0.1) is 5.92 Å². The fourth-order valence-corrected chi connectivity index (χ4v) is 2.02. The monoisotopic (exact) mass is 279 g/mol. The minimum atomic E-state index is 0.0626. The van der Waals surface area contributed by atoms with Gasteiger partial charge in [-0.25, -0.2) is 0 Å². The van der Waals surface area contributed by atoms with Gasteiger partial charge < -0.3 is 15.2 Å². The minimum Gasteiger partial charge on any atom is -0.496 e. The number of amides is 1. The Kier molecular flexibility index (Phi) is 7.73. The maximum atomic E-state index is 11.7. The summed E-state index contributed by atoms with van der Waals surface area (Å²) >= 11 is 0. The lowest BCUT2D eigenvalue weighted by molar-refractivity contribution is -0.121. The van der Waals surface area contributed by atoms with Gasteiger partial charge in [-0.3, -0.25) is 4.79 Å². The molecule has 0 spiro atoms. The van der Waals surface area contributed by atoms with Crippen molar-refractivity contribution in [2.24, 2.45) is 5.92 Å². The fraction of sp³-hybridized carbons (Fsp3) is 0.562. The maximum absolute atomic E-state index is 11.7. The summed E-state index contributed by atoms with van der Waals surface area (Å²) in [5, 5.41) is 11.8. The third kappa shape index (κ3) is 6.06. The molecule has 0 bridgehead atoms. The molecule has 1 rings (SSSR count). The third-order valence-electron chi connectivity index (χ3n) is 3.32. The molecule has 0 heterocycles. The summed E-state index contributed by atoms with van der Waals surface area (Å²) in [6, 6.07) is 7.76. The van der Waals surface area contributed by atoms with Crippen molar-refractivity contribution in [2.45, 2.75) is 32.6 Å². The second kappa shape index (κ2) is 9.37. The van der Waals surface area contributed by atoms with Gasteiger partial charge in [0.2, 0.25) is 5.91 Å². The highest BCUT2D eigenvalue weighted by Gasteiger charge is 2.06. The van der Waals surface area contributed by atoms with E-state index in [0.29, 0.717) is 25.3 Å². The number of hydrogen-bond donors (Lipinski definition) is 2. The molecule has 0 aliphatic rings. The predicted molar refractivity (Wildman–Crippen MR) is 79.8 cm³/mol. The second-order valence-corrected chi connectivity index (χ2v) is 5.09. The number of aliphatic hydroxyl groups is 1. The summed E-state index contributed by atoms with van der Waals surface area (Å²) in [5.41, 5.74) is 1.05. The van der Waals surface area contributed by atoms with Gasteiger partial charge in [-0.2, -0.15) is 0 Å². The van der Waals surface area contributed by atoms with Crippen molar-refractivity contribution in [3.63, 3.8) is 0 Å². The van der Waals surface area contributed by atoms with Gasteiger partial charge >= 0.3 is 0 Å². The molecule has 0 fully saturated rings. The molecule has 4 nitrogen and oxygen atoms in total. The largest absolute Gasteiger partial charge is 0.496 e. The lowest BCUT2D eigenvalue weighted by Gasteiger charge is -2.10. The van der Waals surface area contributed by atoms with Crippen LogP contribution >= 0.6 is 0 Å². The highest BCUT2D eigenvalue weighted by atomic mass is 16.5. The van der Waals surface area contributed by atoms with Gasteiger partial charge in [-0.1, -0.05) is 25.1 Å². The van der Waals surface area contributed by atoms with Crippen molar-refractivity contribution in [2.75, 3.05) is 20.3 Å². The number of para-hydroxylation sites is 1. The van der Waals surface area contributed by atoms with Gasteiger partial charge in [0.15, 0.2) is 0 Å². The molecule has 1 unspecified atom stereocenters. The lowest BCUT2D eigenvalue weighted by atomic mass is 10.1. The Morgan fingerprint density at radius 2 is 2.15 bits per heavy atom. The Hall–Kier alpha value is -1.55. The number of rotatable bonds is 9. The lowest BCUT2D eigenvalue weighted by Crippen LogP contribution is -2.25. The van der Waals surface area contributed by atoms with E-state index in [2.05, 4.69) is 5.32 Å². The Morgan fingerprint density at radius 3 is 2.85 bits per heavy atom. The summed E-state index contributed by atoms with van der Waals surface area (Å²) < 4.78 is 5.26. The number of aryl methyl sites for hydroxylation is 1. The number of methoxy groups -OCH3 is 1. The van der Waals surface area contributed by atoms with Crippen LogP contribution in [0.1, 0.15) is 31.7 Å². The summed E-state index contributed by atoms with van der Waals surface area (Å²) in [5.74, 6) is 1.20. The van der Waals surface area contributed by atoms with Crippen molar-refractivity contribution in [3.8, 4) is 5.75 Å². The smallest absolute Gasteiger partial charge is 0.220 e. The number of hydrogen-bond acceptors (Lipinski definition) is 3. The molecule has 20 heavy (non-hydrogen) atoms. The molecular weight excluding hydrogens is 254 g/mol. The van der Waals surface area contributed by atoms with E-state index in [-0.39, 0.29) is 12.5 Å². The van der Waals surface area contributed by atoms with Crippen LogP contribution in [0.4, 0.5) is 0 Å². The highest BCUT2D eigenvalue weighted by molar-refractivity contribution is 5.76. The van der Waals surface area contributed by atoms with Crippen molar-refractivity contribution < 1.29 is 14.6 Å². The van der Waals surface area contributed by atoms with Gasteiger partial charge in [0, 0.05) is 19.6 Å². The molecule has 1 aromatic carbocycles. The molecule has 0 radical (unpaired) electrons. The van der Waals surface area contributed by atoms with Crippen LogP contribution in [-0.4, -0.2) is 31.3 Å². The van der Waals surface area contributed by atoms with E-state index >= 15 is 0 Å². The topological polar surface area (TPSA) is 58.6 Å². The number of benzene rings is 1. The predicted octanol–water partition coefficient (Wildman–Crippen LogP) is 2.15. The van der Waals surface area contributed by atoms with Crippen molar-refractivity contribution in [3.05, 3.63) is 29.8 Å². The zero-order valence-electron chi connectivity index (χ0n) is 12.4. The molecule has 112 valence electrons. The summed E-state index contributed by atoms with van der Waals surface area (Å²) in [6.07, 6.45) is 2.99. The van der Waals surface area contributed by atoms with E-state index in [1.54, 1.807) is 7.11 Å². The number of nitrogens with one attached hydrogen (secondary N) is 1. The van der Waals surface area contributed by atoms with Gasteiger partial charge in [0.05, 0.1) is 7.11 Å². The van der Waals surface area contributed by atoms with Crippen LogP contribution in [0.5, 0.6) is 5.75 Å². The molecule has 2 N–H and O–H groups in total. The van der Waals surface area contributed by atoms with E-state index in [9.17, 15) is 4.79 Å². The normalized spacial score (nSPS) is 11.9. The third-order valence-corrected chi connectivity index (χ3v) is 3.32. The Morgan fingerprint density at radius 1 is 1.40 bits per heavy atom. The number of aliphatic hydroxyl groups excluding tert-OH is 1. The average molecular weight is 279 g/mol. The molecule has 1 atom stereocenters. The molecule has 1 aromatic rings. The molecule has 0 saturated heterocycles. The first kappa shape index (κ1) is 16.5. The van der Waals surface area contributed by atoms with Gasteiger partial charge in [0.1, 0.15) is 5.75 Å². The quantitative estimate of drug-likeness (QED) is 0.681. The van der Waals surface area contributed by atoms with Crippen LogP contribution in [0.15, 0.2) is 24.3 Å². The van der Waals surface area contributed by atoms with Crippen LogP contribution in [-0.2, 0) is 11.2 Å². The maximum Gasteiger partial charge on any atom is 0.220 e. The highest BCUT2D eigenvalue weighted by Crippen LogP contribution is 2.18. The fourth-order valence-electron chi connectivity index (χ4n) is 2.02. The summed E-state index contributed by atoms with van der Waals surface area (Å²) in [4.78, 5) is 11.7. The van der Waals surface area contributed by atoms with E-state index in [0.717, 1.165) is 24.2 Å². The van der Waals surface area contributed by atoms with Gasteiger partial charge in [-0.05, 0) is 36.8 Å². The summed E-state index contributed by atoms with van der Waals surface area (Å²) in [6.45, 7) is 2.89. The van der Waals surface area contributed by atoms with E-state index in [1.165, 1.54) is 0 Å². The van der Waals surface area contributed by atoms with E-state index in [4.69, 9.17) is 9.84 Å². The Labute approximate surface area is 121 Å². The minimum absolute atomic E-state index is 0.0626. The first-order valence-corrected chi connectivity index (χ1v) is 7.16. The van der Waals surface area contributed by atoms with Crippen LogP contribution < -0.4 is 10.1 Å². The van der Waals surface area contributed by atoms with Crippen LogP contribution in [0.2, 0.25) is 0 Å². The number of carbonyl (C=O) groups excluding carboxylic acids is 1. The van der Waals surface area contributed by atoms with Crippen LogP contribution in [0.3, 0.4) is 0 Å². The Bertz CT molecular complexity index is 406. The molecule has 0 aliphatic heterocycles. The number of carbonyl (C=O) groups is 1. The van der Waals surface area contributed by atoms with E-state index < -0.39 is 0 Å². The van der Waals surface area contributed by atoms with Crippen molar-refractivity contribution in [1.82, 2.24) is 5.32 Å². The van der Waals surface area contributed by atoms with Crippen molar-refractivity contribution in [1.29, 1.82) is 0 Å².